The van der Waals surface area contributed by atoms with Crippen molar-refractivity contribution in [1.29, 1.82) is 0 Å². The third kappa shape index (κ3) is 3.44. The van der Waals surface area contributed by atoms with Crippen LogP contribution in [-0.2, 0) is 14.4 Å². The van der Waals surface area contributed by atoms with Crippen LogP contribution < -0.4 is 0 Å². The van der Waals surface area contributed by atoms with Gasteiger partial charge in [-0.2, -0.15) is 13.2 Å². The van der Waals surface area contributed by atoms with Crippen LogP contribution in [0, 0.1) is 5.92 Å². The smallest absolute Gasteiger partial charge is 0.450 e. The summed E-state index contributed by atoms with van der Waals surface area (Å²) in [5.74, 6) is -6.46. The molecule has 1 rings (SSSR count). The highest BCUT2D eigenvalue weighted by Crippen LogP contribution is 2.24. The molecule has 0 spiro atoms. The van der Waals surface area contributed by atoms with Crippen LogP contribution in [0.2, 0.25) is 0 Å². The summed E-state index contributed by atoms with van der Waals surface area (Å²) < 4.78 is 36.4. The SMILES string of the molecule is O=C(O)C(CCN1CCCC1=O)C(=O)C(F)(F)F. The summed E-state index contributed by atoms with van der Waals surface area (Å²) in [6.07, 6.45) is -4.77. The average molecular weight is 267 g/mol. The molecule has 0 bridgehead atoms. The molecule has 1 unspecified atom stereocenters. The molecular weight excluding hydrogens is 255 g/mol. The lowest BCUT2D eigenvalue weighted by atomic mass is 9.99. The molecule has 1 N–H and O–H groups in total. The molecule has 0 saturated carbocycles. The summed E-state index contributed by atoms with van der Waals surface area (Å²) in [4.78, 5) is 34.0. The van der Waals surface area contributed by atoms with E-state index in [9.17, 15) is 27.6 Å². The van der Waals surface area contributed by atoms with Gasteiger partial charge < -0.3 is 10.0 Å². The number of Topliss-reactive ketones (excluding diaryl/α,β-unsaturated/α-hetero) is 1. The Hall–Kier alpha value is -1.60. The molecule has 5 nitrogen and oxygen atoms in total. The average Bonchev–Trinajstić information content (AvgIpc) is 2.62. The summed E-state index contributed by atoms with van der Waals surface area (Å²) in [6.45, 7) is 0.253. The minimum Gasteiger partial charge on any atom is -0.481 e. The van der Waals surface area contributed by atoms with E-state index in [2.05, 4.69) is 0 Å². The first-order valence-electron chi connectivity index (χ1n) is 5.35. The zero-order valence-electron chi connectivity index (χ0n) is 9.37. The Bertz CT molecular complexity index is 367. The van der Waals surface area contributed by atoms with Crippen molar-refractivity contribution in [3.63, 3.8) is 0 Å². The number of carbonyl (C=O) groups excluding carboxylic acids is 2. The fourth-order valence-corrected chi connectivity index (χ4v) is 1.79. The highest BCUT2D eigenvalue weighted by Gasteiger charge is 2.46. The summed E-state index contributed by atoms with van der Waals surface area (Å²) in [6, 6.07) is 0. The summed E-state index contributed by atoms with van der Waals surface area (Å²) >= 11 is 0. The number of hydrogen-bond acceptors (Lipinski definition) is 3. The Kier molecular flexibility index (Phi) is 4.31. The molecule has 18 heavy (non-hydrogen) atoms. The van der Waals surface area contributed by atoms with Gasteiger partial charge in [0.15, 0.2) is 0 Å². The minimum absolute atomic E-state index is 0.141. The first-order valence-corrected chi connectivity index (χ1v) is 5.35. The zero-order chi connectivity index (χ0) is 13.9. The van der Waals surface area contributed by atoms with Crippen molar-refractivity contribution in [2.75, 3.05) is 13.1 Å². The first-order chi connectivity index (χ1) is 8.23. The lowest BCUT2D eigenvalue weighted by Gasteiger charge is -2.18. The van der Waals surface area contributed by atoms with Crippen LogP contribution in [0.4, 0.5) is 13.2 Å². The van der Waals surface area contributed by atoms with E-state index in [-0.39, 0.29) is 12.5 Å². The maximum absolute atomic E-state index is 12.1. The highest BCUT2D eigenvalue weighted by molar-refractivity contribution is 6.01. The second-order valence-corrected chi connectivity index (χ2v) is 4.03. The molecule has 0 aromatic rings. The van der Waals surface area contributed by atoms with Gasteiger partial charge in [-0.15, -0.1) is 0 Å². The second-order valence-electron chi connectivity index (χ2n) is 4.03. The van der Waals surface area contributed by atoms with E-state index in [0.717, 1.165) is 0 Å². The maximum Gasteiger partial charge on any atom is 0.450 e. The van der Waals surface area contributed by atoms with Crippen molar-refractivity contribution in [2.45, 2.75) is 25.4 Å². The van der Waals surface area contributed by atoms with Crippen LogP contribution in [0.1, 0.15) is 19.3 Å². The molecule has 0 aromatic heterocycles. The van der Waals surface area contributed by atoms with Gasteiger partial charge in [-0.05, 0) is 12.8 Å². The molecule has 1 aliphatic rings. The van der Waals surface area contributed by atoms with Crippen molar-refractivity contribution < 1.29 is 32.7 Å². The predicted octanol–water partition coefficient (Wildman–Crippen LogP) is 0.831. The largest absolute Gasteiger partial charge is 0.481 e. The van der Waals surface area contributed by atoms with Gasteiger partial charge in [0.05, 0.1) is 0 Å². The lowest BCUT2D eigenvalue weighted by molar-refractivity contribution is -0.180. The maximum atomic E-state index is 12.1. The van der Waals surface area contributed by atoms with Crippen LogP contribution in [0.5, 0.6) is 0 Å². The topological polar surface area (TPSA) is 74.7 Å². The van der Waals surface area contributed by atoms with E-state index in [1.807, 2.05) is 0 Å². The molecule has 102 valence electrons. The molecule has 1 fully saturated rings. The summed E-state index contributed by atoms with van der Waals surface area (Å²) in [5.41, 5.74) is 0. The fourth-order valence-electron chi connectivity index (χ4n) is 1.79. The van der Waals surface area contributed by atoms with E-state index < -0.39 is 30.3 Å². The third-order valence-electron chi connectivity index (χ3n) is 2.75. The quantitative estimate of drug-likeness (QED) is 0.749. The number of nitrogens with zero attached hydrogens (tertiary/aromatic N) is 1. The van der Waals surface area contributed by atoms with Gasteiger partial charge in [0, 0.05) is 19.5 Å². The van der Waals surface area contributed by atoms with E-state index in [0.29, 0.717) is 19.4 Å². The number of amides is 1. The van der Waals surface area contributed by atoms with Gasteiger partial charge >= 0.3 is 12.1 Å². The molecule has 0 radical (unpaired) electrons. The number of alkyl halides is 3. The van der Waals surface area contributed by atoms with Gasteiger partial charge in [-0.1, -0.05) is 0 Å². The van der Waals surface area contributed by atoms with Crippen molar-refractivity contribution in [1.82, 2.24) is 4.90 Å². The number of hydrogen-bond donors (Lipinski definition) is 1. The van der Waals surface area contributed by atoms with Crippen molar-refractivity contribution in [3.05, 3.63) is 0 Å². The van der Waals surface area contributed by atoms with Crippen LogP contribution in [0.25, 0.3) is 0 Å². The molecule has 1 aliphatic heterocycles. The molecule has 1 heterocycles. The number of ketones is 1. The van der Waals surface area contributed by atoms with E-state index in [4.69, 9.17) is 5.11 Å². The summed E-state index contributed by atoms with van der Waals surface area (Å²) in [7, 11) is 0. The Morgan fingerprint density at radius 3 is 2.39 bits per heavy atom. The monoisotopic (exact) mass is 267 g/mol. The van der Waals surface area contributed by atoms with Gasteiger partial charge in [0.25, 0.3) is 0 Å². The Labute approximate surface area is 101 Å². The normalized spacial score (nSPS) is 17.9. The molecule has 1 amide bonds. The van der Waals surface area contributed by atoms with E-state index in [1.54, 1.807) is 0 Å². The second kappa shape index (κ2) is 5.36. The van der Waals surface area contributed by atoms with Gasteiger partial charge in [0.1, 0.15) is 5.92 Å². The molecule has 8 heteroatoms. The van der Waals surface area contributed by atoms with Gasteiger partial charge in [-0.25, -0.2) is 0 Å². The predicted molar refractivity (Wildman–Crippen MR) is 52.6 cm³/mol. The standard InChI is InChI=1S/C10H12F3NO4/c11-10(12,13)8(16)6(9(17)18)3-5-14-4-1-2-7(14)15/h6H,1-5H2,(H,17,18). The number of likely N-dealkylation sites (tertiary alicyclic amines) is 1. The lowest BCUT2D eigenvalue weighted by Crippen LogP contribution is -2.38. The number of halogens is 3. The molecular formula is C10H12F3NO4. The number of rotatable bonds is 5. The third-order valence-corrected chi connectivity index (χ3v) is 2.75. The molecule has 0 aliphatic carbocycles. The zero-order valence-corrected chi connectivity index (χ0v) is 9.37. The van der Waals surface area contributed by atoms with Gasteiger partial charge in [-0.3, -0.25) is 14.4 Å². The highest BCUT2D eigenvalue weighted by atomic mass is 19.4. The van der Waals surface area contributed by atoms with Crippen LogP contribution >= 0.6 is 0 Å². The number of carbonyl (C=O) groups is 3. The molecule has 1 atom stereocenters. The van der Waals surface area contributed by atoms with Crippen molar-refractivity contribution in [3.8, 4) is 0 Å². The first kappa shape index (κ1) is 14.5. The minimum atomic E-state index is -5.17. The Morgan fingerprint density at radius 1 is 1.39 bits per heavy atom. The Balaban J connectivity index is 2.61. The van der Waals surface area contributed by atoms with Crippen molar-refractivity contribution >= 4 is 17.7 Å². The molecule has 0 aromatic carbocycles. The number of aliphatic carboxylic acids is 1. The number of carboxylic acid groups (broad SMARTS) is 1. The van der Waals surface area contributed by atoms with Crippen molar-refractivity contribution in [2.24, 2.45) is 5.92 Å². The molecule has 1 saturated heterocycles. The van der Waals surface area contributed by atoms with E-state index in [1.165, 1.54) is 4.90 Å². The van der Waals surface area contributed by atoms with Crippen LogP contribution in [-0.4, -0.2) is 46.9 Å². The fraction of sp³-hybridized carbons (Fsp3) is 0.700. The van der Waals surface area contributed by atoms with E-state index >= 15 is 0 Å². The Morgan fingerprint density at radius 2 is 2.00 bits per heavy atom. The van der Waals surface area contributed by atoms with Crippen LogP contribution in [0.3, 0.4) is 0 Å². The number of carboxylic acids is 1. The van der Waals surface area contributed by atoms with Gasteiger partial charge in [0.2, 0.25) is 11.7 Å². The van der Waals surface area contributed by atoms with Crippen LogP contribution in [0.15, 0.2) is 0 Å². The summed E-state index contributed by atoms with van der Waals surface area (Å²) in [5, 5.41) is 8.62.